The number of rotatable bonds is 5. The summed E-state index contributed by atoms with van der Waals surface area (Å²) in [5.41, 5.74) is 3.15. The zero-order valence-corrected chi connectivity index (χ0v) is 13.6. The van der Waals surface area contributed by atoms with Gasteiger partial charge in [-0.3, -0.25) is 10.4 Å². The molecule has 0 aromatic carbocycles. The Balaban J connectivity index is 2.38. The zero-order chi connectivity index (χ0) is 15.0. The minimum Gasteiger partial charge on any atom is -0.382 e. The van der Waals surface area contributed by atoms with E-state index in [4.69, 9.17) is 10.6 Å². The van der Waals surface area contributed by atoms with Crippen LogP contribution in [0.25, 0.3) is 0 Å². The van der Waals surface area contributed by atoms with Gasteiger partial charge in [-0.15, -0.1) is 0 Å². The van der Waals surface area contributed by atoms with E-state index in [-0.39, 0.29) is 0 Å². The van der Waals surface area contributed by atoms with Crippen molar-refractivity contribution < 1.29 is 4.74 Å². The van der Waals surface area contributed by atoms with Gasteiger partial charge < -0.3 is 9.64 Å². The maximum atomic E-state index is 5.61. The highest BCUT2D eigenvalue weighted by Gasteiger charge is 2.29. The van der Waals surface area contributed by atoms with Crippen LogP contribution in [0.15, 0.2) is 4.99 Å². The second-order valence-electron chi connectivity index (χ2n) is 6.53. The van der Waals surface area contributed by atoms with Gasteiger partial charge in [0.25, 0.3) is 0 Å². The van der Waals surface area contributed by atoms with E-state index in [1.54, 1.807) is 0 Å². The molecule has 20 heavy (non-hydrogen) atoms. The van der Waals surface area contributed by atoms with E-state index in [1.165, 1.54) is 12.8 Å². The van der Waals surface area contributed by atoms with Crippen LogP contribution in [0.5, 0.6) is 0 Å². The van der Waals surface area contributed by atoms with E-state index < -0.39 is 0 Å². The van der Waals surface area contributed by atoms with Crippen LogP contribution >= 0.6 is 0 Å². The third-order valence-corrected chi connectivity index (χ3v) is 4.06. The van der Waals surface area contributed by atoms with Crippen LogP contribution in [0.3, 0.4) is 0 Å². The molecule has 0 aromatic rings. The summed E-state index contributed by atoms with van der Waals surface area (Å²) in [7, 11) is 0. The number of nitrogens with one attached hydrogen (secondary N) is 1. The van der Waals surface area contributed by atoms with Gasteiger partial charge in [-0.05, 0) is 37.5 Å². The second-order valence-corrected chi connectivity index (χ2v) is 6.53. The van der Waals surface area contributed by atoms with Gasteiger partial charge in [0.15, 0.2) is 0 Å². The van der Waals surface area contributed by atoms with E-state index in [0.717, 1.165) is 51.1 Å². The minimum absolute atomic E-state index is 0.400. The van der Waals surface area contributed by atoms with Crippen molar-refractivity contribution in [3.63, 3.8) is 0 Å². The lowest BCUT2D eigenvalue weighted by Crippen LogP contribution is -2.49. The fraction of sp³-hybridized carbons (Fsp3) is 0.933. The average Bonchev–Trinajstić information content (AvgIpc) is 2.42. The highest BCUT2D eigenvalue weighted by molar-refractivity contribution is 5.79. The largest absolute Gasteiger partial charge is 0.382 e. The summed E-state index contributed by atoms with van der Waals surface area (Å²) in [6.45, 7) is 13.4. The topological polar surface area (TPSA) is 62.9 Å². The molecule has 1 fully saturated rings. The number of hydrogen-bond donors (Lipinski definition) is 2. The van der Waals surface area contributed by atoms with Gasteiger partial charge in [-0.1, -0.05) is 20.8 Å². The van der Waals surface area contributed by atoms with Gasteiger partial charge in [0.2, 0.25) is 5.96 Å². The summed E-state index contributed by atoms with van der Waals surface area (Å²) in [5, 5.41) is 0. The fourth-order valence-corrected chi connectivity index (χ4v) is 2.69. The van der Waals surface area contributed by atoms with Crippen molar-refractivity contribution in [2.75, 3.05) is 32.8 Å². The molecule has 1 saturated heterocycles. The van der Waals surface area contributed by atoms with Gasteiger partial charge in [0.05, 0.1) is 0 Å². The molecule has 0 bridgehead atoms. The molecule has 0 saturated carbocycles. The van der Waals surface area contributed by atoms with Gasteiger partial charge in [0.1, 0.15) is 0 Å². The molecular formula is C15H32N4O. The third-order valence-electron chi connectivity index (χ3n) is 4.06. The molecule has 1 heterocycles. The Bertz CT molecular complexity index is 291. The SMILES string of the molecule is CCOCCCN=C(NN)N1CCC(C(C)(C)C)CC1. The second kappa shape index (κ2) is 8.47. The average molecular weight is 284 g/mol. The Morgan fingerprint density at radius 1 is 1.35 bits per heavy atom. The number of hydrogen-bond acceptors (Lipinski definition) is 3. The Labute approximate surface area is 123 Å². The van der Waals surface area contributed by atoms with Gasteiger partial charge in [0, 0.05) is 32.8 Å². The molecule has 1 aliphatic rings. The zero-order valence-electron chi connectivity index (χ0n) is 13.6. The first-order valence-electron chi connectivity index (χ1n) is 7.82. The third kappa shape index (κ3) is 5.67. The predicted molar refractivity (Wildman–Crippen MR) is 84.5 cm³/mol. The van der Waals surface area contributed by atoms with Crippen molar-refractivity contribution in [2.24, 2.45) is 22.2 Å². The number of nitrogens with two attached hydrogens (primary N) is 1. The molecular weight excluding hydrogens is 252 g/mol. The molecule has 3 N–H and O–H groups in total. The first-order chi connectivity index (χ1) is 9.49. The molecule has 5 heteroatoms. The lowest BCUT2D eigenvalue weighted by Gasteiger charge is -2.39. The van der Waals surface area contributed by atoms with Crippen LogP contribution in [0.2, 0.25) is 0 Å². The highest BCUT2D eigenvalue weighted by Crippen LogP contribution is 2.34. The molecule has 0 spiro atoms. The van der Waals surface area contributed by atoms with E-state index >= 15 is 0 Å². The highest BCUT2D eigenvalue weighted by atomic mass is 16.5. The van der Waals surface area contributed by atoms with Crippen molar-refractivity contribution in [1.82, 2.24) is 10.3 Å². The van der Waals surface area contributed by atoms with Crippen molar-refractivity contribution >= 4 is 5.96 Å². The minimum atomic E-state index is 0.400. The van der Waals surface area contributed by atoms with Crippen molar-refractivity contribution in [3.8, 4) is 0 Å². The Morgan fingerprint density at radius 2 is 2.00 bits per heavy atom. The van der Waals surface area contributed by atoms with Crippen LogP contribution in [0, 0.1) is 11.3 Å². The first kappa shape index (κ1) is 17.2. The molecule has 5 nitrogen and oxygen atoms in total. The van der Waals surface area contributed by atoms with Crippen molar-refractivity contribution in [2.45, 2.75) is 47.0 Å². The fourth-order valence-electron chi connectivity index (χ4n) is 2.69. The van der Waals surface area contributed by atoms with E-state index in [1.807, 2.05) is 6.92 Å². The number of ether oxygens (including phenoxy) is 1. The van der Waals surface area contributed by atoms with Crippen LogP contribution < -0.4 is 11.3 Å². The molecule has 0 aliphatic carbocycles. The summed E-state index contributed by atoms with van der Waals surface area (Å²) in [4.78, 5) is 6.82. The quantitative estimate of drug-likeness (QED) is 0.266. The first-order valence-corrected chi connectivity index (χ1v) is 7.82. The van der Waals surface area contributed by atoms with E-state index in [0.29, 0.717) is 5.41 Å². The van der Waals surface area contributed by atoms with Crippen molar-refractivity contribution in [3.05, 3.63) is 0 Å². The van der Waals surface area contributed by atoms with Gasteiger partial charge in [-0.2, -0.15) is 0 Å². The van der Waals surface area contributed by atoms with E-state index in [9.17, 15) is 0 Å². The van der Waals surface area contributed by atoms with E-state index in [2.05, 4.69) is 36.1 Å². The summed E-state index contributed by atoms with van der Waals surface area (Å²) in [6, 6.07) is 0. The molecule has 0 aromatic heterocycles. The van der Waals surface area contributed by atoms with Crippen molar-refractivity contribution in [1.29, 1.82) is 0 Å². The summed E-state index contributed by atoms with van der Waals surface area (Å²) in [5.74, 6) is 7.23. The Kier molecular flexibility index (Phi) is 7.30. The monoisotopic (exact) mass is 284 g/mol. The van der Waals surface area contributed by atoms with Crippen LogP contribution in [-0.4, -0.2) is 43.7 Å². The maximum absolute atomic E-state index is 5.61. The molecule has 0 radical (unpaired) electrons. The maximum Gasteiger partial charge on any atom is 0.208 e. The van der Waals surface area contributed by atoms with Crippen LogP contribution in [0.1, 0.15) is 47.0 Å². The van der Waals surface area contributed by atoms with Crippen LogP contribution in [-0.2, 0) is 4.74 Å². The smallest absolute Gasteiger partial charge is 0.208 e. The molecule has 118 valence electrons. The number of nitrogens with zero attached hydrogens (tertiary/aromatic N) is 2. The molecule has 0 amide bonds. The van der Waals surface area contributed by atoms with Gasteiger partial charge >= 0.3 is 0 Å². The molecule has 1 aliphatic heterocycles. The number of piperidine rings is 1. The lowest BCUT2D eigenvalue weighted by atomic mass is 9.75. The molecule has 0 unspecified atom stereocenters. The number of hydrazine groups is 1. The summed E-state index contributed by atoms with van der Waals surface area (Å²) < 4.78 is 5.31. The standard InChI is InChI=1S/C15H32N4O/c1-5-20-12-6-9-17-14(18-16)19-10-7-13(8-11-19)15(2,3)4/h13H,5-12,16H2,1-4H3,(H,17,18). The summed E-state index contributed by atoms with van der Waals surface area (Å²) >= 11 is 0. The van der Waals surface area contributed by atoms with Gasteiger partial charge in [-0.25, -0.2) is 5.84 Å². The number of likely N-dealkylation sites (tertiary alicyclic amines) is 1. The summed E-state index contributed by atoms with van der Waals surface area (Å²) in [6.07, 6.45) is 3.36. The molecule has 1 rings (SSSR count). The Hall–Kier alpha value is -0.810. The lowest BCUT2D eigenvalue weighted by molar-refractivity contribution is 0.144. The number of guanidine groups is 1. The molecule has 0 atom stereocenters. The van der Waals surface area contributed by atoms with Crippen LogP contribution in [0.4, 0.5) is 0 Å². The number of aliphatic imine (C=N–C) groups is 1. The predicted octanol–water partition coefficient (Wildman–Crippen LogP) is 1.99. The Morgan fingerprint density at radius 3 is 2.50 bits per heavy atom. The normalized spacial score (nSPS) is 18.4.